The van der Waals surface area contributed by atoms with Crippen LogP contribution in [-0.4, -0.2) is 53.1 Å². The molecular weight excluding hydrogens is 342 g/mol. The number of likely N-dealkylation sites (tertiary alicyclic amines) is 1. The molecule has 0 bridgehead atoms. The van der Waals surface area contributed by atoms with Gasteiger partial charge in [0, 0.05) is 25.9 Å². The molecule has 1 heterocycles. The van der Waals surface area contributed by atoms with E-state index in [0.29, 0.717) is 31.7 Å². The lowest BCUT2D eigenvalue weighted by molar-refractivity contribution is 0.0124. The molecule has 1 aromatic rings. The summed E-state index contributed by atoms with van der Waals surface area (Å²) in [4.78, 5) is 26.0. The number of benzene rings is 1. The van der Waals surface area contributed by atoms with Gasteiger partial charge in [0.1, 0.15) is 23.0 Å². The minimum absolute atomic E-state index is 0.120. The van der Waals surface area contributed by atoms with Gasteiger partial charge in [-0.25, -0.2) is 9.59 Å². The van der Waals surface area contributed by atoms with E-state index in [-0.39, 0.29) is 17.8 Å². The van der Waals surface area contributed by atoms with E-state index in [0.717, 1.165) is 4.90 Å². The van der Waals surface area contributed by atoms with Crippen molar-refractivity contribution in [3.05, 3.63) is 23.8 Å². The van der Waals surface area contributed by atoms with Crippen LogP contribution in [0.3, 0.4) is 0 Å². The van der Waals surface area contributed by atoms with E-state index in [1.165, 1.54) is 11.8 Å². The lowest BCUT2D eigenvalue weighted by Crippen LogP contribution is -2.44. The number of carboxylic acids is 1. The van der Waals surface area contributed by atoms with Gasteiger partial charge in [0.05, 0.1) is 4.90 Å². The molecule has 0 unspecified atom stereocenters. The maximum absolute atomic E-state index is 12.1. The van der Waals surface area contributed by atoms with Crippen LogP contribution in [0.5, 0.6) is 5.75 Å². The van der Waals surface area contributed by atoms with Crippen molar-refractivity contribution in [3.8, 4) is 5.75 Å². The number of carbonyl (C=O) groups excluding carboxylic acids is 1. The maximum atomic E-state index is 12.1. The first-order chi connectivity index (χ1) is 11.7. The Morgan fingerprint density at radius 1 is 1.24 bits per heavy atom. The number of nitrogens with zero attached hydrogens (tertiary/aromatic N) is 1. The van der Waals surface area contributed by atoms with Crippen LogP contribution in [0.15, 0.2) is 23.1 Å². The molecule has 0 aromatic heterocycles. The average Bonchev–Trinajstić information content (AvgIpc) is 2.53. The van der Waals surface area contributed by atoms with Crippen LogP contribution in [0.4, 0.5) is 4.79 Å². The molecule has 1 saturated heterocycles. The van der Waals surface area contributed by atoms with E-state index in [1.54, 1.807) is 17.0 Å². The van der Waals surface area contributed by atoms with E-state index < -0.39 is 11.6 Å². The van der Waals surface area contributed by atoms with Crippen LogP contribution in [0, 0.1) is 0 Å². The molecule has 1 N–H and O–H groups in total. The molecule has 138 valence electrons. The summed E-state index contributed by atoms with van der Waals surface area (Å²) in [5.74, 6) is -0.588. The number of carbonyl (C=O) groups is 2. The smallest absolute Gasteiger partial charge is 0.410 e. The second-order valence-corrected chi connectivity index (χ2v) is 7.77. The topological polar surface area (TPSA) is 76.1 Å². The van der Waals surface area contributed by atoms with E-state index >= 15 is 0 Å². The van der Waals surface area contributed by atoms with E-state index in [4.69, 9.17) is 9.47 Å². The number of hydrogen-bond donors (Lipinski definition) is 1. The monoisotopic (exact) mass is 367 g/mol. The average molecular weight is 367 g/mol. The Morgan fingerprint density at radius 2 is 1.88 bits per heavy atom. The van der Waals surface area contributed by atoms with Crippen molar-refractivity contribution in [2.45, 2.75) is 50.2 Å². The number of para-hydroxylation sites is 1. The van der Waals surface area contributed by atoms with Crippen molar-refractivity contribution in [2.24, 2.45) is 0 Å². The molecule has 0 spiro atoms. The lowest BCUT2D eigenvalue weighted by atomic mass is 10.1. The molecule has 1 aromatic carbocycles. The maximum Gasteiger partial charge on any atom is 0.410 e. The Kier molecular flexibility index (Phi) is 6.21. The van der Waals surface area contributed by atoms with Crippen molar-refractivity contribution in [1.29, 1.82) is 0 Å². The fraction of sp³-hybridized carbons (Fsp3) is 0.556. The van der Waals surface area contributed by atoms with Gasteiger partial charge in [-0.1, -0.05) is 6.07 Å². The largest absolute Gasteiger partial charge is 0.488 e. The second-order valence-electron chi connectivity index (χ2n) is 6.93. The zero-order valence-electron chi connectivity index (χ0n) is 15.1. The summed E-state index contributed by atoms with van der Waals surface area (Å²) >= 11 is 1.45. The van der Waals surface area contributed by atoms with Crippen molar-refractivity contribution in [2.75, 3.05) is 19.3 Å². The first-order valence-corrected chi connectivity index (χ1v) is 9.48. The standard InChI is InChI=1S/C18H25NO5S/c1-18(2,3)24-17(22)19-10-8-12(9-11-19)23-15-13(16(20)21)6-5-7-14(15)25-4/h5-7,12H,8-11H2,1-4H3,(H,20,21). The Balaban J connectivity index is 2.01. The van der Waals surface area contributed by atoms with Crippen molar-refractivity contribution >= 4 is 23.8 Å². The summed E-state index contributed by atoms with van der Waals surface area (Å²) < 4.78 is 11.4. The summed E-state index contributed by atoms with van der Waals surface area (Å²) in [6.07, 6.45) is 2.73. The van der Waals surface area contributed by atoms with Crippen LogP contribution in [0.2, 0.25) is 0 Å². The lowest BCUT2D eigenvalue weighted by Gasteiger charge is -2.34. The van der Waals surface area contributed by atoms with Gasteiger partial charge in [-0.3, -0.25) is 0 Å². The number of ether oxygens (including phenoxy) is 2. The van der Waals surface area contributed by atoms with Gasteiger partial charge in [0.2, 0.25) is 0 Å². The molecule has 25 heavy (non-hydrogen) atoms. The molecule has 0 radical (unpaired) electrons. The highest BCUT2D eigenvalue weighted by molar-refractivity contribution is 7.98. The fourth-order valence-corrected chi connectivity index (χ4v) is 3.17. The molecule has 1 amide bonds. The summed E-state index contributed by atoms with van der Waals surface area (Å²) in [6, 6.07) is 5.11. The highest BCUT2D eigenvalue weighted by Gasteiger charge is 2.28. The Labute approximate surface area is 152 Å². The second kappa shape index (κ2) is 7.99. The summed E-state index contributed by atoms with van der Waals surface area (Å²) in [5.41, 5.74) is -0.348. The van der Waals surface area contributed by atoms with E-state index in [2.05, 4.69) is 0 Å². The normalized spacial score (nSPS) is 15.8. The number of amides is 1. The third-order valence-electron chi connectivity index (χ3n) is 3.81. The molecule has 1 fully saturated rings. The van der Waals surface area contributed by atoms with Crippen LogP contribution in [0.25, 0.3) is 0 Å². The van der Waals surface area contributed by atoms with E-state index in [1.807, 2.05) is 33.1 Å². The van der Waals surface area contributed by atoms with Crippen molar-refractivity contribution in [1.82, 2.24) is 4.90 Å². The quantitative estimate of drug-likeness (QED) is 0.814. The van der Waals surface area contributed by atoms with Gasteiger partial charge in [0.15, 0.2) is 0 Å². The van der Waals surface area contributed by atoms with E-state index in [9.17, 15) is 14.7 Å². The first kappa shape index (κ1) is 19.4. The first-order valence-electron chi connectivity index (χ1n) is 8.26. The number of thioether (sulfide) groups is 1. The highest BCUT2D eigenvalue weighted by Crippen LogP contribution is 2.33. The zero-order chi connectivity index (χ0) is 18.6. The minimum Gasteiger partial charge on any atom is -0.488 e. The fourth-order valence-electron chi connectivity index (χ4n) is 2.62. The predicted octanol–water partition coefficient (Wildman–Crippen LogP) is 3.89. The SMILES string of the molecule is CSc1cccc(C(=O)O)c1OC1CCN(C(=O)OC(C)(C)C)CC1. The number of carboxylic acid groups (broad SMARTS) is 1. The molecule has 2 rings (SSSR count). The van der Waals surface area contributed by atoms with Crippen LogP contribution in [-0.2, 0) is 4.74 Å². The zero-order valence-corrected chi connectivity index (χ0v) is 15.9. The third kappa shape index (κ3) is 5.29. The number of aromatic carboxylic acids is 1. The van der Waals surface area contributed by atoms with Crippen LogP contribution >= 0.6 is 11.8 Å². The Hall–Kier alpha value is -1.89. The Bertz CT molecular complexity index is 633. The molecule has 1 aliphatic rings. The van der Waals surface area contributed by atoms with Crippen LogP contribution < -0.4 is 4.74 Å². The molecular formula is C18H25NO5S. The molecule has 6 nitrogen and oxygen atoms in total. The summed E-state index contributed by atoms with van der Waals surface area (Å²) in [6.45, 7) is 6.58. The van der Waals surface area contributed by atoms with Gasteiger partial charge >= 0.3 is 12.1 Å². The number of piperidine rings is 1. The van der Waals surface area contributed by atoms with Gasteiger partial charge in [-0.2, -0.15) is 0 Å². The van der Waals surface area contributed by atoms with Gasteiger partial charge in [0.25, 0.3) is 0 Å². The summed E-state index contributed by atoms with van der Waals surface area (Å²) in [5, 5.41) is 9.38. The molecule has 1 aliphatic heterocycles. The predicted molar refractivity (Wildman–Crippen MR) is 96.6 cm³/mol. The van der Waals surface area contributed by atoms with Gasteiger partial charge < -0.3 is 19.5 Å². The molecule has 7 heteroatoms. The number of hydrogen-bond acceptors (Lipinski definition) is 5. The van der Waals surface area contributed by atoms with Crippen LogP contribution in [0.1, 0.15) is 44.0 Å². The van der Waals surface area contributed by atoms with Crippen molar-refractivity contribution < 1.29 is 24.2 Å². The number of rotatable bonds is 4. The van der Waals surface area contributed by atoms with Gasteiger partial charge in [-0.15, -0.1) is 11.8 Å². The Morgan fingerprint density at radius 3 is 2.40 bits per heavy atom. The summed E-state index contributed by atoms with van der Waals surface area (Å²) in [7, 11) is 0. The molecule has 0 aliphatic carbocycles. The highest BCUT2D eigenvalue weighted by atomic mass is 32.2. The third-order valence-corrected chi connectivity index (χ3v) is 4.57. The minimum atomic E-state index is -1.00. The molecule has 0 saturated carbocycles. The van der Waals surface area contributed by atoms with Gasteiger partial charge in [-0.05, 0) is 39.2 Å². The molecule has 0 atom stereocenters. The van der Waals surface area contributed by atoms with Crippen molar-refractivity contribution in [3.63, 3.8) is 0 Å².